The molecule has 0 saturated heterocycles. The van der Waals surface area contributed by atoms with Crippen LogP contribution in [-0.2, 0) is 0 Å². The van der Waals surface area contributed by atoms with Gasteiger partial charge >= 0.3 is 0 Å². The Hall–Kier alpha value is -0.120. The fourth-order valence-electron chi connectivity index (χ4n) is 2.71. The van der Waals surface area contributed by atoms with Gasteiger partial charge in [-0.2, -0.15) is 0 Å². The highest BCUT2D eigenvalue weighted by atomic mass is 16.3. The Morgan fingerprint density at radius 2 is 1.05 bits per heavy atom. The molecule has 3 nitrogen and oxygen atoms in total. The molecule has 0 aromatic carbocycles. The van der Waals surface area contributed by atoms with Crippen LogP contribution in [0.3, 0.4) is 0 Å². The third-order valence-corrected chi connectivity index (χ3v) is 4.13. The van der Waals surface area contributed by atoms with Crippen molar-refractivity contribution in [1.82, 2.24) is 0 Å². The van der Waals surface area contributed by atoms with Crippen molar-refractivity contribution in [2.75, 3.05) is 6.54 Å². The number of aliphatic hydroxyl groups excluding tert-OH is 1. The predicted molar refractivity (Wildman–Crippen MR) is 93.6 cm³/mol. The summed E-state index contributed by atoms with van der Waals surface area (Å²) in [6, 6.07) is 0. The minimum atomic E-state index is -0.0388. The highest BCUT2D eigenvalue weighted by Crippen LogP contribution is 2.14. The minimum absolute atomic E-state index is 0. The van der Waals surface area contributed by atoms with E-state index in [4.69, 9.17) is 5.73 Å². The quantitative estimate of drug-likeness (QED) is 0.416. The van der Waals surface area contributed by atoms with Crippen LogP contribution in [0.25, 0.3) is 0 Å². The molecule has 0 aromatic rings. The van der Waals surface area contributed by atoms with Crippen LogP contribution < -0.4 is 5.73 Å². The summed E-state index contributed by atoms with van der Waals surface area (Å²) in [6.07, 6.45) is 18.9. The number of rotatable bonds is 16. The van der Waals surface area contributed by atoms with Gasteiger partial charge in [-0.1, -0.05) is 84.0 Å². The van der Waals surface area contributed by atoms with E-state index in [2.05, 4.69) is 6.92 Å². The summed E-state index contributed by atoms with van der Waals surface area (Å²) < 4.78 is 0. The normalized spacial score (nSPS) is 12.1. The Balaban J connectivity index is 0. The Bertz CT molecular complexity index is 177. The largest absolute Gasteiger partial charge is 0.412 e. The van der Waals surface area contributed by atoms with E-state index in [-0.39, 0.29) is 11.6 Å². The molecule has 0 amide bonds. The zero-order valence-electron chi connectivity index (χ0n) is 14.4. The van der Waals surface area contributed by atoms with Gasteiger partial charge in [-0.3, -0.25) is 0 Å². The van der Waals surface area contributed by atoms with Crippen molar-refractivity contribution in [3.05, 3.63) is 0 Å². The van der Waals surface area contributed by atoms with Crippen LogP contribution in [0.15, 0.2) is 0 Å². The second kappa shape index (κ2) is 19.9. The molecule has 0 heterocycles. The third-order valence-electron chi connectivity index (χ3n) is 4.13. The summed E-state index contributed by atoms with van der Waals surface area (Å²) in [5.41, 5.74) is 5.47. The van der Waals surface area contributed by atoms with Crippen LogP contribution in [0.5, 0.6) is 0 Å². The fourth-order valence-corrected chi connectivity index (χ4v) is 2.71. The van der Waals surface area contributed by atoms with Crippen LogP contribution >= 0.6 is 0 Å². The van der Waals surface area contributed by atoms with E-state index in [1.807, 2.05) is 0 Å². The zero-order valence-corrected chi connectivity index (χ0v) is 14.4. The van der Waals surface area contributed by atoms with Gasteiger partial charge in [0.15, 0.2) is 0 Å². The molecule has 1 atom stereocenters. The van der Waals surface area contributed by atoms with Gasteiger partial charge < -0.3 is 16.3 Å². The molecule has 0 bridgehead atoms. The molecule has 0 aliphatic heterocycles. The molecule has 3 heteroatoms. The SMILES string of the molecule is CCCCCCC(O)CCCCCCCCCCCN.O. The van der Waals surface area contributed by atoms with E-state index >= 15 is 0 Å². The lowest BCUT2D eigenvalue weighted by Crippen LogP contribution is -2.05. The summed E-state index contributed by atoms with van der Waals surface area (Å²) in [5, 5.41) is 9.86. The van der Waals surface area contributed by atoms with Crippen LogP contribution in [0.2, 0.25) is 0 Å². The number of hydrogen-bond donors (Lipinski definition) is 2. The van der Waals surface area contributed by atoms with Gasteiger partial charge in [0.1, 0.15) is 0 Å². The summed E-state index contributed by atoms with van der Waals surface area (Å²) in [6.45, 7) is 3.08. The average Bonchev–Trinajstić information content (AvgIpc) is 2.45. The molecule has 0 aromatic heterocycles. The molecule has 0 aliphatic carbocycles. The van der Waals surface area contributed by atoms with Gasteiger partial charge in [0.05, 0.1) is 6.10 Å². The lowest BCUT2D eigenvalue weighted by atomic mass is 10.0. The van der Waals surface area contributed by atoms with E-state index in [1.165, 1.54) is 83.5 Å². The van der Waals surface area contributed by atoms with Crippen molar-refractivity contribution in [3.63, 3.8) is 0 Å². The van der Waals surface area contributed by atoms with E-state index in [0.29, 0.717) is 0 Å². The molecule has 0 rings (SSSR count). The Morgan fingerprint density at radius 1 is 0.667 bits per heavy atom. The molecule has 0 saturated carbocycles. The highest BCUT2D eigenvalue weighted by molar-refractivity contribution is 4.57. The summed E-state index contributed by atoms with van der Waals surface area (Å²) >= 11 is 0. The first-order chi connectivity index (χ1) is 9.81. The van der Waals surface area contributed by atoms with Crippen LogP contribution in [-0.4, -0.2) is 23.2 Å². The molecule has 0 spiro atoms. The third kappa shape index (κ3) is 19.9. The molecular formula is C18H41NO2. The first-order valence-electron chi connectivity index (χ1n) is 9.19. The number of aliphatic hydroxyl groups is 1. The Morgan fingerprint density at radius 3 is 1.48 bits per heavy atom. The van der Waals surface area contributed by atoms with Crippen molar-refractivity contribution < 1.29 is 10.6 Å². The number of unbranched alkanes of at least 4 members (excludes halogenated alkanes) is 11. The minimum Gasteiger partial charge on any atom is -0.412 e. The van der Waals surface area contributed by atoms with E-state index in [0.717, 1.165) is 19.4 Å². The monoisotopic (exact) mass is 303 g/mol. The fraction of sp³-hybridized carbons (Fsp3) is 1.00. The first-order valence-corrected chi connectivity index (χ1v) is 9.19. The summed E-state index contributed by atoms with van der Waals surface area (Å²) in [4.78, 5) is 0. The maximum Gasteiger partial charge on any atom is 0.0540 e. The van der Waals surface area contributed by atoms with Crippen LogP contribution in [0, 0.1) is 0 Å². The lowest BCUT2D eigenvalue weighted by Gasteiger charge is -2.10. The van der Waals surface area contributed by atoms with Gasteiger partial charge in [0.25, 0.3) is 0 Å². The molecule has 0 radical (unpaired) electrons. The van der Waals surface area contributed by atoms with E-state index in [1.54, 1.807) is 0 Å². The summed E-state index contributed by atoms with van der Waals surface area (Å²) in [5.74, 6) is 0. The standard InChI is InChI=1S/C18H39NO.H2O/c1-2-3-4-12-15-18(20)16-13-10-8-6-5-7-9-11-14-17-19;/h18,20H,2-17,19H2,1H3;1H2. The maximum atomic E-state index is 9.86. The second-order valence-corrected chi connectivity index (χ2v) is 6.26. The predicted octanol–water partition coefficient (Wildman–Crippen LogP) is 4.35. The van der Waals surface area contributed by atoms with Crippen LogP contribution in [0.4, 0.5) is 0 Å². The molecule has 1 unspecified atom stereocenters. The van der Waals surface area contributed by atoms with Gasteiger partial charge in [-0.25, -0.2) is 0 Å². The van der Waals surface area contributed by atoms with Crippen molar-refractivity contribution in [3.8, 4) is 0 Å². The second-order valence-electron chi connectivity index (χ2n) is 6.26. The smallest absolute Gasteiger partial charge is 0.0540 e. The molecule has 130 valence electrons. The molecular weight excluding hydrogens is 262 g/mol. The van der Waals surface area contributed by atoms with Crippen LogP contribution in [0.1, 0.15) is 103 Å². The topological polar surface area (TPSA) is 77.8 Å². The Kier molecular flexibility index (Phi) is 21.9. The molecule has 0 aliphatic rings. The molecule has 0 fully saturated rings. The van der Waals surface area contributed by atoms with E-state index in [9.17, 15) is 5.11 Å². The molecule has 21 heavy (non-hydrogen) atoms. The van der Waals surface area contributed by atoms with Crippen molar-refractivity contribution in [2.24, 2.45) is 5.73 Å². The highest BCUT2D eigenvalue weighted by Gasteiger charge is 2.03. The summed E-state index contributed by atoms with van der Waals surface area (Å²) in [7, 11) is 0. The van der Waals surface area contributed by atoms with Crippen molar-refractivity contribution in [1.29, 1.82) is 0 Å². The first kappa shape index (κ1) is 23.2. The lowest BCUT2D eigenvalue weighted by molar-refractivity contribution is 0.147. The zero-order chi connectivity index (χ0) is 14.9. The average molecular weight is 304 g/mol. The van der Waals surface area contributed by atoms with Crippen molar-refractivity contribution >= 4 is 0 Å². The molecule has 5 N–H and O–H groups in total. The number of nitrogens with two attached hydrogens (primary N) is 1. The van der Waals surface area contributed by atoms with E-state index < -0.39 is 0 Å². The number of hydrogen-bond acceptors (Lipinski definition) is 2. The Labute approximate surface area is 133 Å². The van der Waals surface area contributed by atoms with Crippen molar-refractivity contribution in [2.45, 2.75) is 109 Å². The van der Waals surface area contributed by atoms with Gasteiger partial charge in [-0.15, -0.1) is 0 Å². The van der Waals surface area contributed by atoms with Gasteiger partial charge in [0, 0.05) is 0 Å². The van der Waals surface area contributed by atoms with Gasteiger partial charge in [0.2, 0.25) is 0 Å². The maximum absolute atomic E-state index is 9.86. The van der Waals surface area contributed by atoms with Gasteiger partial charge in [-0.05, 0) is 25.8 Å².